The van der Waals surface area contributed by atoms with Crippen LogP contribution in [-0.2, 0) is 17.8 Å². The van der Waals surface area contributed by atoms with Crippen molar-refractivity contribution in [1.82, 2.24) is 10.2 Å². The summed E-state index contributed by atoms with van der Waals surface area (Å²) in [6.07, 6.45) is 2.44. The number of hydrogen-bond acceptors (Lipinski definition) is 3. The largest absolute Gasteiger partial charge is 0.354 e. The first-order valence-electron chi connectivity index (χ1n) is 12.1. The van der Waals surface area contributed by atoms with Crippen LogP contribution >= 0.6 is 0 Å². The standard InChI is InChI=1S/C29H31N3O2/c1-21-11-13-22(14-12-21)17-28(33)30-18-25-15-16-26-20-32(29(34)23-7-3-2-4-8-23)27-10-6-5-9-24(27)19-31(25)26/h2-14,25-26H,15-20H2,1H3,(H,30,33)/t25-,26-/m0/s1. The molecular formula is C29H31N3O2. The van der Waals surface area contributed by atoms with E-state index in [9.17, 15) is 9.59 Å². The third-order valence-corrected chi connectivity index (χ3v) is 7.09. The summed E-state index contributed by atoms with van der Waals surface area (Å²) in [6.45, 7) is 4.14. The summed E-state index contributed by atoms with van der Waals surface area (Å²) in [5.41, 5.74) is 5.09. The maximum Gasteiger partial charge on any atom is 0.258 e. The Balaban J connectivity index is 1.29. The Bertz CT molecular complexity index is 1160. The van der Waals surface area contributed by atoms with E-state index in [1.165, 1.54) is 5.56 Å². The molecule has 2 aliphatic rings. The lowest BCUT2D eigenvalue weighted by Crippen LogP contribution is -2.46. The zero-order valence-electron chi connectivity index (χ0n) is 19.6. The summed E-state index contributed by atoms with van der Waals surface area (Å²) < 4.78 is 0. The van der Waals surface area contributed by atoms with E-state index in [1.807, 2.05) is 78.6 Å². The highest BCUT2D eigenvalue weighted by Crippen LogP contribution is 2.35. The van der Waals surface area contributed by atoms with E-state index in [-0.39, 0.29) is 23.9 Å². The molecule has 3 aromatic carbocycles. The van der Waals surface area contributed by atoms with Gasteiger partial charge in [0.15, 0.2) is 0 Å². The van der Waals surface area contributed by atoms with Gasteiger partial charge in [0, 0.05) is 43.0 Å². The van der Waals surface area contributed by atoms with Crippen molar-refractivity contribution in [1.29, 1.82) is 0 Å². The number of fused-ring (bicyclic) bond motifs is 2. The number of nitrogens with one attached hydrogen (secondary N) is 1. The number of amides is 2. The number of anilines is 1. The summed E-state index contributed by atoms with van der Waals surface area (Å²) in [7, 11) is 0. The van der Waals surface area contributed by atoms with E-state index in [0.29, 0.717) is 25.1 Å². The number of benzene rings is 3. The van der Waals surface area contributed by atoms with Gasteiger partial charge >= 0.3 is 0 Å². The van der Waals surface area contributed by atoms with Crippen LogP contribution in [0.25, 0.3) is 0 Å². The Labute approximate surface area is 201 Å². The minimum absolute atomic E-state index is 0.0461. The van der Waals surface area contributed by atoms with Crippen molar-refractivity contribution in [3.8, 4) is 0 Å². The Kier molecular flexibility index (Phi) is 6.45. The summed E-state index contributed by atoms with van der Waals surface area (Å²) in [4.78, 5) is 30.5. The topological polar surface area (TPSA) is 52.7 Å². The maximum absolute atomic E-state index is 13.4. The molecule has 174 valence electrons. The van der Waals surface area contributed by atoms with E-state index in [4.69, 9.17) is 0 Å². The Hall–Kier alpha value is -3.44. The van der Waals surface area contributed by atoms with Gasteiger partial charge in [-0.3, -0.25) is 14.5 Å². The molecule has 1 fully saturated rings. The molecule has 2 heterocycles. The van der Waals surface area contributed by atoms with Crippen LogP contribution in [0.1, 0.15) is 39.9 Å². The van der Waals surface area contributed by atoms with E-state index < -0.39 is 0 Å². The Morgan fingerprint density at radius 2 is 1.65 bits per heavy atom. The molecule has 0 bridgehead atoms. The number of nitrogens with zero attached hydrogens (tertiary/aromatic N) is 2. The average molecular weight is 454 g/mol. The molecule has 0 unspecified atom stereocenters. The van der Waals surface area contributed by atoms with Gasteiger partial charge in [-0.1, -0.05) is 66.2 Å². The second-order valence-electron chi connectivity index (χ2n) is 9.43. The molecule has 0 spiro atoms. The van der Waals surface area contributed by atoms with Crippen LogP contribution in [0.2, 0.25) is 0 Å². The molecule has 2 amide bonds. The summed E-state index contributed by atoms with van der Waals surface area (Å²) in [5, 5.41) is 3.16. The fourth-order valence-electron chi connectivity index (χ4n) is 5.22. The first-order valence-corrected chi connectivity index (χ1v) is 12.1. The van der Waals surface area contributed by atoms with Crippen molar-refractivity contribution in [3.05, 3.63) is 101 Å². The Morgan fingerprint density at radius 3 is 2.44 bits per heavy atom. The van der Waals surface area contributed by atoms with Crippen molar-refractivity contribution < 1.29 is 9.59 Å². The van der Waals surface area contributed by atoms with Crippen LogP contribution in [0, 0.1) is 6.92 Å². The van der Waals surface area contributed by atoms with Crippen LogP contribution in [0.3, 0.4) is 0 Å². The van der Waals surface area contributed by atoms with Gasteiger partial charge in [0.05, 0.1) is 6.42 Å². The van der Waals surface area contributed by atoms with Gasteiger partial charge in [0.25, 0.3) is 5.91 Å². The predicted octanol–water partition coefficient (Wildman–Crippen LogP) is 4.35. The van der Waals surface area contributed by atoms with Crippen molar-refractivity contribution in [2.24, 2.45) is 0 Å². The fraction of sp³-hybridized carbons (Fsp3) is 0.310. The van der Waals surface area contributed by atoms with Crippen molar-refractivity contribution in [2.45, 2.75) is 44.8 Å². The molecule has 0 aromatic heterocycles. The number of para-hydroxylation sites is 1. The maximum atomic E-state index is 13.4. The molecule has 5 nitrogen and oxygen atoms in total. The number of hydrogen-bond donors (Lipinski definition) is 1. The summed E-state index contributed by atoms with van der Waals surface area (Å²) >= 11 is 0. The second-order valence-corrected chi connectivity index (χ2v) is 9.43. The molecule has 0 radical (unpaired) electrons. The number of carbonyl (C=O) groups is 2. The van der Waals surface area contributed by atoms with Crippen LogP contribution in [0.15, 0.2) is 78.9 Å². The molecule has 0 aliphatic carbocycles. The minimum atomic E-state index is 0.0461. The fourth-order valence-corrected chi connectivity index (χ4v) is 5.22. The molecule has 1 saturated heterocycles. The molecule has 1 N–H and O–H groups in total. The third kappa shape index (κ3) is 4.75. The van der Waals surface area contributed by atoms with Gasteiger partial charge in [-0.25, -0.2) is 0 Å². The summed E-state index contributed by atoms with van der Waals surface area (Å²) in [6, 6.07) is 26.4. The molecular weight excluding hydrogens is 422 g/mol. The lowest BCUT2D eigenvalue weighted by atomic mass is 10.1. The zero-order chi connectivity index (χ0) is 23.5. The number of aryl methyl sites for hydroxylation is 1. The third-order valence-electron chi connectivity index (χ3n) is 7.09. The highest BCUT2D eigenvalue weighted by molar-refractivity contribution is 6.06. The molecule has 0 saturated carbocycles. The molecule has 2 aliphatic heterocycles. The molecule has 3 aromatic rings. The van der Waals surface area contributed by atoms with Crippen LogP contribution in [-0.4, -0.2) is 41.9 Å². The van der Waals surface area contributed by atoms with E-state index in [1.54, 1.807) is 0 Å². The number of carbonyl (C=O) groups excluding carboxylic acids is 2. The van der Waals surface area contributed by atoms with Gasteiger partial charge in [0.1, 0.15) is 0 Å². The minimum Gasteiger partial charge on any atom is -0.354 e. The smallest absolute Gasteiger partial charge is 0.258 e. The van der Waals surface area contributed by atoms with E-state index in [2.05, 4.69) is 22.3 Å². The van der Waals surface area contributed by atoms with Gasteiger partial charge in [-0.2, -0.15) is 0 Å². The quantitative estimate of drug-likeness (QED) is 0.625. The first-order chi connectivity index (χ1) is 16.6. The van der Waals surface area contributed by atoms with Crippen molar-refractivity contribution in [2.75, 3.05) is 18.0 Å². The first kappa shape index (κ1) is 22.4. The SMILES string of the molecule is Cc1ccc(CC(=O)NC[C@@H]2CC[C@H]3CN(C(=O)c4ccccc4)c4ccccc4CN23)cc1. The molecule has 5 rings (SSSR count). The highest BCUT2D eigenvalue weighted by Gasteiger charge is 2.38. The van der Waals surface area contributed by atoms with Gasteiger partial charge in [0.2, 0.25) is 5.91 Å². The lowest BCUT2D eigenvalue weighted by molar-refractivity contribution is -0.120. The van der Waals surface area contributed by atoms with E-state index >= 15 is 0 Å². The van der Waals surface area contributed by atoms with Crippen LogP contribution in [0.4, 0.5) is 5.69 Å². The normalized spacial score (nSPS) is 19.7. The van der Waals surface area contributed by atoms with Gasteiger partial charge in [-0.15, -0.1) is 0 Å². The Morgan fingerprint density at radius 1 is 0.912 bits per heavy atom. The highest BCUT2D eigenvalue weighted by atomic mass is 16.2. The van der Waals surface area contributed by atoms with E-state index in [0.717, 1.165) is 36.2 Å². The van der Waals surface area contributed by atoms with Crippen LogP contribution in [0.5, 0.6) is 0 Å². The average Bonchev–Trinajstić information content (AvgIpc) is 3.15. The molecule has 5 heteroatoms. The summed E-state index contributed by atoms with van der Waals surface area (Å²) in [5.74, 6) is 0.105. The van der Waals surface area contributed by atoms with Crippen molar-refractivity contribution in [3.63, 3.8) is 0 Å². The number of rotatable bonds is 5. The van der Waals surface area contributed by atoms with Gasteiger partial charge in [-0.05, 0) is 49.1 Å². The second kappa shape index (κ2) is 9.82. The zero-order valence-corrected chi connectivity index (χ0v) is 19.6. The predicted molar refractivity (Wildman–Crippen MR) is 135 cm³/mol. The monoisotopic (exact) mass is 453 g/mol. The molecule has 2 atom stereocenters. The van der Waals surface area contributed by atoms with Crippen LogP contribution < -0.4 is 10.2 Å². The molecule has 34 heavy (non-hydrogen) atoms. The van der Waals surface area contributed by atoms with Gasteiger partial charge < -0.3 is 10.2 Å². The van der Waals surface area contributed by atoms with Crippen molar-refractivity contribution >= 4 is 17.5 Å². The lowest BCUT2D eigenvalue weighted by Gasteiger charge is -2.29.